The van der Waals surface area contributed by atoms with Gasteiger partial charge in [-0.1, -0.05) is 3.63 Å². The summed E-state index contributed by atoms with van der Waals surface area (Å²) in [5.74, 6) is -3.01. The summed E-state index contributed by atoms with van der Waals surface area (Å²) < 4.78 is 64.0. The first-order valence-corrected chi connectivity index (χ1v) is 9.27. The fraction of sp³-hybridized carbons (Fsp3) is 0.556. The van der Waals surface area contributed by atoms with Crippen molar-refractivity contribution in [2.75, 3.05) is 12.3 Å². The Bertz CT molecular complexity index is 1000. The molecule has 146 valence electrons. The van der Waals surface area contributed by atoms with Gasteiger partial charge in [0.25, 0.3) is 5.88 Å². The molecule has 0 aliphatic carbocycles. The molecule has 2 aliphatic heterocycles. The SMILES string of the molecule is Nc1nc(=O)n(C2O[C@H](CO)[C@@H](O)[C@H]2O)c2c1OS(=O)(=O)OS(=O)(=O)O2. The van der Waals surface area contributed by atoms with Gasteiger partial charge < -0.3 is 34.2 Å². The van der Waals surface area contributed by atoms with Crippen LogP contribution in [0.4, 0.5) is 5.82 Å². The molecule has 1 saturated heterocycles. The smallest absolute Gasteiger partial charge is 0.394 e. The predicted octanol–water partition coefficient (Wildman–Crippen LogP) is -4.29. The average Bonchev–Trinajstić information content (AvgIpc) is 2.71. The van der Waals surface area contributed by atoms with E-state index in [1.807, 2.05) is 0 Å². The number of nitrogens with two attached hydrogens (primary N) is 1. The fourth-order valence-electron chi connectivity index (χ4n) is 2.32. The normalized spacial score (nSPS) is 32.1. The Hall–Kier alpha value is -2.02. The maximum atomic E-state index is 12.1. The molecular weight excluding hydrogens is 406 g/mol. The third kappa shape index (κ3) is 3.09. The van der Waals surface area contributed by atoms with Gasteiger partial charge in [-0.15, -0.1) is 0 Å². The van der Waals surface area contributed by atoms with Crippen molar-refractivity contribution in [3.63, 3.8) is 0 Å². The van der Waals surface area contributed by atoms with Gasteiger partial charge in [0.1, 0.15) is 18.3 Å². The summed E-state index contributed by atoms with van der Waals surface area (Å²) in [5.41, 5.74) is 4.03. The van der Waals surface area contributed by atoms with Gasteiger partial charge in [-0.3, -0.25) is 0 Å². The molecule has 4 atom stereocenters. The van der Waals surface area contributed by atoms with E-state index >= 15 is 0 Å². The van der Waals surface area contributed by atoms with Crippen molar-refractivity contribution in [1.82, 2.24) is 9.55 Å². The van der Waals surface area contributed by atoms with Crippen LogP contribution < -0.4 is 19.8 Å². The molecule has 5 N–H and O–H groups in total. The summed E-state index contributed by atoms with van der Waals surface area (Å²) in [7, 11) is -10.5. The van der Waals surface area contributed by atoms with Crippen LogP contribution in [0.5, 0.6) is 11.6 Å². The molecular formula is C9H11N3O12S2. The van der Waals surface area contributed by atoms with Crippen LogP contribution in [-0.2, 0) is 29.2 Å². The summed E-state index contributed by atoms with van der Waals surface area (Å²) in [6.07, 6.45) is -6.70. The van der Waals surface area contributed by atoms with Crippen molar-refractivity contribution in [2.24, 2.45) is 0 Å². The van der Waals surface area contributed by atoms with E-state index in [1.165, 1.54) is 0 Å². The lowest BCUT2D eigenvalue weighted by Gasteiger charge is -2.20. The highest BCUT2D eigenvalue weighted by molar-refractivity contribution is 7.95. The number of hydrogen-bond donors (Lipinski definition) is 4. The molecule has 15 nitrogen and oxygen atoms in total. The molecule has 1 aromatic heterocycles. The van der Waals surface area contributed by atoms with Crippen LogP contribution in [0.15, 0.2) is 4.79 Å². The quantitative estimate of drug-likeness (QED) is 0.357. The molecule has 2 aliphatic rings. The highest BCUT2D eigenvalue weighted by Gasteiger charge is 2.47. The Morgan fingerprint density at radius 1 is 1.12 bits per heavy atom. The lowest BCUT2D eigenvalue weighted by Crippen LogP contribution is -2.37. The van der Waals surface area contributed by atoms with Crippen LogP contribution in [0.1, 0.15) is 6.23 Å². The number of aliphatic hydroxyl groups is 3. The number of hydrogen-bond acceptors (Lipinski definition) is 14. The van der Waals surface area contributed by atoms with E-state index in [-0.39, 0.29) is 4.57 Å². The van der Waals surface area contributed by atoms with Crippen molar-refractivity contribution >= 4 is 26.6 Å². The van der Waals surface area contributed by atoms with Crippen LogP contribution in [0.3, 0.4) is 0 Å². The van der Waals surface area contributed by atoms with E-state index in [9.17, 15) is 31.8 Å². The number of rotatable bonds is 2. The largest absolute Gasteiger partial charge is 0.468 e. The predicted molar refractivity (Wildman–Crippen MR) is 76.1 cm³/mol. The molecule has 1 fully saturated rings. The van der Waals surface area contributed by atoms with Crippen molar-refractivity contribution in [1.29, 1.82) is 0 Å². The van der Waals surface area contributed by atoms with Gasteiger partial charge in [0.15, 0.2) is 12.0 Å². The van der Waals surface area contributed by atoms with Crippen LogP contribution in [0.2, 0.25) is 0 Å². The minimum atomic E-state index is -5.28. The first-order valence-electron chi connectivity index (χ1n) is 6.60. The van der Waals surface area contributed by atoms with E-state index in [4.69, 9.17) is 15.6 Å². The molecule has 17 heteroatoms. The van der Waals surface area contributed by atoms with Crippen molar-refractivity contribution in [3.05, 3.63) is 10.5 Å². The Kier molecular flexibility index (Phi) is 4.34. The molecule has 1 unspecified atom stereocenters. The molecule has 0 saturated carbocycles. The number of ether oxygens (including phenoxy) is 1. The summed E-state index contributed by atoms with van der Waals surface area (Å²) >= 11 is 0. The van der Waals surface area contributed by atoms with Crippen molar-refractivity contribution < 1.29 is 48.9 Å². The zero-order valence-electron chi connectivity index (χ0n) is 12.3. The Morgan fingerprint density at radius 3 is 2.31 bits per heavy atom. The van der Waals surface area contributed by atoms with E-state index in [0.29, 0.717) is 0 Å². The molecule has 0 bridgehead atoms. The van der Waals surface area contributed by atoms with E-state index in [2.05, 4.69) is 17.0 Å². The second kappa shape index (κ2) is 6.01. The molecule has 1 aromatic rings. The monoisotopic (exact) mass is 417 g/mol. The lowest BCUT2D eigenvalue weighted by atomic mass is 10.1. The Balaban J connectivity index is 2.25. The zero-order chi connectivity index (χ0) is 19.4. The molecule has 0 amide bonds. The van der Waals surface area contributed by atoms with Crippen LogP contribution in [0.25, 0.3) is 0 Å². The van der Waals surface area contributed by atoms with Crippen LogP contribution in [0, 0.1) is 0 Å². The minimum Gasteiger partial charge on any atom is -0.394 e. The second-order valence-corrected chi connectivity index (χ2v) is 7.57. The Labute approximate surface area is 144 Å². The summed E-state index contributed by atoms with van der Waals surface area (Å²) in [4.78, 5) is 15.4. The van der Waals surface area contributed by atoms with Gasteiger partial charge in [-0.25, -0.2) is 9.36 Å². The number of nitrogen functional groups attached to an aromatic ring is 1. The van der Waals surface area contributed by atoms with Crippen LogP contribution in [-0.4, -0.2) is 66.6 Å². The number of anilines is 1. The summed E-state index contributed by atoms with van der Waals surface area (Å²) in [6.45, 7) is -0.763. The first-order chi connectivity index (χ1) is 12.0. The van der Waals surface area contributed by atoms with Crippen LogP contribution >= 0.6 is 0 Å². The molecule has 0 spiro atoms. The Morgan fingerprint density at radius 2 is 1.73 bits per heavy atom. The maximum Gasteiger partial charge on any atom is 0.468 e. The van der Waals surface area contributed by atoms with Gasteiger partial charge >= 0.3 is 26.5 Å². The zero-order valence-corrected chi connectivity index (χ0v) is 14.0. The maximum absolute atomic E-state index is 12.1. The number of aromatic nitrogens is 2. The third-order valence-electron chi connectivity index (χ3n) is 3.37. The van der Waals surface area contributed by atoms with E-state index in [0.717, 1.165) is 0 Å². The topological polar surface area (TPSA) is 227 Å². The van der Waals surface area contributed by atoms with Crippen molar-refractivity contribution in [2.45, 2.75) is 24.5 Å². The average molecular weight is 417 g/mol. The molecule has 26 heavy (non-hydrogen) atoms. The highest BCUT2D eigenvalue weighted by atomic mass is 32.3. The number of nitrogens with zero attached hydrogens (tertiary/aromatic N) is 2. The number of fused-ring (bicyclic) bond motifs is 1. The fourth-order valence-corrected chi connectivity index (χ4v) is 4.06. The minimum absolute atomic E-state index is 0.247. The standard InChI is InChI=1S/C9H11N3O12S2/c10-6-5-8(23-26(19,20)24-25(17,18)22-5)12(9(16)11-6)7-4(15)3(14)2(1-13)21-7/h2-4,7,13-15H,1H2,(H2,10,11,16)/t2-,3-,4-,7?/m1/s1. The molecule has 3 rings (SSSR count). The molecule has 3 heterocycles. The number of aliphatic hydroxyl groups excluding tert-OH is 3. The van der Waals surface area contributed by atoms with Gasteiger partial charge in [0.2, 0.25) is 5.75 Å². The molecule has 0 aromatic carbocycles. The highest BCUT2D eigenvalue weighted by Crippen LogP contribution is 2.40. The van der Waals surface area contributed by atoms with Gasteiger partial charge in [0.05, 0.1) is 6.61 Å². The third-order valence-corrected chi connectivity index (χ3v) is 5.44. The molecule has 0 radical (unpaired) electrons. The van der Waals surface area contributed by atoms with E-state index in [1.54, 1.807) is 0 Å². The first kappa shape index (κ1) is 18.8. The summed E-state index contributed by atoms with van der Waals surface area (Å²) in [6, 6.07) is 0. The van der Waals surface area contributed by atoms with Gasteiger partial charge in [-0.2, -0.15) is 21.8 Å². The van der Waals surface area contributed by atoms with E-state index < -0.39 is 75.1 Å². The van der Waals surface area contributed by atoms with Gasteiger partial charge in [0, 0.05) is 0 Å². The van der Waals surface area contributed by atoms with Crippen molar-refractivity contribution in [3.8, 4) is 11.6 Å². The second-order valence-electron chi connectivity index (χ2n) is 5.06. The lowest BCUT2D eigenvalue weighted by molar-refractivity contribution is -0.0569. The van der Waals surface area contributed by atoms with Gasteiger partial charge in [-0.05, 0) is 0 Å². The summed E-state index contributed by atoms with van der Waals surface area (Å²) in [5, 5.41) is 28.9.